The number of hydrogen-bond donors (Lipinski definition) is 1. The number of hydrogen-bond acceptors (Lipinski definition) is 6. The second-order valence-corrected chi connectivity index (χ2v) is 16.0. The van der Waals surface area contributed by atoms with Gasteiger partial charge >= 0.3 is 5.97 Å². The van der Waals surface area contributed by atoms with Crippen LogP contribution in [0.2, 0.25) is 0 Å². The normalized spacial score (nSPS) is 53.1. The summed E-state index contributed by atoms with van der Waals surface area (Å²) in [7, 11) is 0. The summed E-state index contributed by atoms with van der Waals surface area (Å²) < 4.78 is 18.7. The molecule has 1 N–H and O–H groups in total. The molecule has 6 heteroatoms. The molecule has 214 valence electrons. The van der Waals surface area contributed by atoms with Crippen LogP contribution in [0.4, 0.5) is 0 Å². The lowest BCUT2D eigenvalue weighted by atomic mass is 9.35. The molecule has 11 atom stereocenters. The maximum absolute atomic E-state index is 13.0. The van der Waals surface area contributed by atoms with E-state index in [1.807, 2.05) is 13.8 Å². The minimum atomic E-state index is -0.452. The number of aliphatic hydroxyl groups excluding tert-OH is 1. The molecule has 1 spiro atoms. The van der Waals surface area contributed by atoms with Gasteiger partial charge in [0.05, 0.1) is 11.7 Å². The topological polar surface area (TPSA) is 88.7 Å². The lowest BCUT2D eigenvalue weighted by Crippen LogP contribution is -2.69. The molecule has 6 rings (SSSR count). The second-order valence-electron chi connectivity index (χ2n) is 16.0. The van der Waals surface area contributed by atoms with Crippen LogP contribution in [0.5, 0.6) is 0 Å². The first-order chi connectivity index (χ1) is 17.4. The molecule has 2 heterocycles. The molecule has 4 aliphatic carbocycles. The lowest BCUT2D eigenvalue weighted by molar-refractivity contribution is -0.242. The Bertz CT molecular complexity index is 1070. The Kier molecular flexibility index (Phi) is 5.47. The third-order valence-electron chi connectivity index (χ3n) is 13.7. The number of epoxide rings is 2. The molecule has 2 aliphatic heterocycles. The summed E-state index contributed by atoms with van der Waals surface area (Å²) in [6.07, 6.45) is 6.17. The average Bonchev–Trinajstić information content (AvgIpc) is 3.62. The first kappa shape index (κ1) is 27.2. The van der Waals surface area contributed by atoms with Crippen molar-refractivity contribution in [2.45, 2.75) is 149 Å². The molecule has 0 bridgehead atoms. The highest BCUT2D eigenvalue weighted by atomic mass is 16.6. The van der Waals surface area contributed by atoms with Crippen LogP contribution in [0.25, 0.3) is 0 Å². The zero-order valence-corrected chi connectivity index (χ0v) is 25.1. The quantitative estimate of drug-likeness (QED) is 0.367. The van der Waals surface area contributed by atoms with Crippen molar-refractivity contribution in [3.8, 4) is 0 Å². The monoisotopic (exact) mass is 530 g/mol. The average molecular weight is 531 g/mol. The van der Waals surface area contributed by atoms with Crippen molar-refractivity contribution in [2.24, 2.45) is 39.4 Å². The van der Waals surface area contributed by atoms with E-state index in [0.29, 0.717) is 31.0 Å². The number of carbonyl (C=O) groups excluding carboxylic acids is 2. The van der Waals surface area contributed by atoms with E-state index >= 15 is 0 Å². The molecule has 0 aromatic carbocycles. The minimum Gasteiger partial charge on any atom is -0.460 e. The Hall–Kier alpha value is -0.980. The van der Waals surface area contributed by atoms with Gasteiger partial charge in [0.15, 0.2) is 0 Å². The highest BCUT2D eigenvalue weighted by molar-refractivity contribution is 5.85. The van der Waals surface area contributed by atoms with Gasteiger partial charge in [0.1, 0.15) is 29.2 Å². The molecular formula is C32H50O6. The maximum Gasteiger partial charge on any atom is 0.302 e. The van der Waals surface area contributed by atoms with Crippen LogP contribution in [-0.2, 0) is 23.8 Å². The van der Waals surface area contributed by atoms with E-state index in [1.165, 1.54) is 6.92 Å². The smallest absolute Gasteiger partial charge is 0.302 e. The van der Waals surface area contributed by atoms with Crippen molar-refractivity contribution in [3.05, 3.63) is 0 Å². The van der Waals surface area contributed by atoms with Crippen LogP contribution in [-0.4, -0.2) is 52.0 Å². The zero-order valence-electron chi connectivity index (χ0n) is 25.1. The number of ketones is 1. The van der Waals surface area contributed by atoms with Gasteiger partial charge in [-0.25, -0.2) is 0 Å². The van der Waals surface area contributed by atoms with E-state index in [2.05, 4.69) is 41.5 Å². The van der Waals surface area contributed by atoms with E-state index < -0.39 is 6.10 Å². The van der Waals surface area contributed by atoms with Crippen LogP contribution in [0.3, 0.4) is 0 Å². The highest BCUT2D eigenvalue weighted by Gasteiger charge is 2.88. The molecule has 0 aromatic rings. The summed E-state index contributed by atoms with van der Waals surface area (Å²) in [5.74, 6) is 0.760. The van der Waals surface area contributed by atoms with E-state index in [-0.39, 0.29) is 68.5 Å². The fourth-order valence-corrected chi connectivity index (χ4v) is 11.7. The number of esters is 1. The SMILES string of the molecule is CC(=O)O[C@@H](C[C@@H](C)[C@]12CC[C@@]3(C)[C@@]1(C[C@H](O)[C@H]1[C@@]4(C)CCC(=O)C(C)(C)[C@@H]4CC[C@@]13C)O2)[C@H]1OC1(C)C. The summed E-state index contributed by atoms with van der Waals surface area (Å²) in [6, 6.07) is 0. The molecule has 2 saturated heterocycles. The van der Waals surface area contributed by atoms with Gasteiger partial charge in [-0.2, -0.15) is 0 Å². The van der Waals surface area contributed by atoms with Crippen molar-refractivity contribution in [2.75, 3.05) is 0 Å². The molecule has 0 unspecified atom stereocenters. The Morgan fingerprint density at radius 2 is 1.74 bits per heavy atom. The summed E-state index contributed by atoms with van der Waals surface area (Å²) in [5.41, 5.74) is -1.43. The van der Waals surface area contributed by atoms with Gasteiger partial charge in [-0.1, -0.05) is 41.5 Å². The van der Waals surface area contributed by atoms with Crippen LogP contribution in [0.1, 0.15) is 114 Å². The second kappa shape index (κ2) is 7.64. The summed E-state index contributed by atoms with van der Waals surface area (Å²) >= 11 is 0. The highest BCUT2D eigenvalue weighted by Crippen LogP contribution is 2.84. The Labute approximate surface area is 228 Å². The molecule has 4 saturated carbocycles. The molecule has 6 nitrogen and oxygen atoms in total. The Morgan fingerprint density at radius 1 is 1.08 bits per heavy atom. The molecular weight excluding hydrogens is 480 g/mol. The third kappa shape index (κ3) is 3.06. The number of aliphatic hydroxyl groups is 1. The molecule has 38 heavy (non-hydrogen) atoms. The van der Waals surface area contributed by atoms with Crippen LogP contribution < -0.4 is 0 Å². The van der Waals surface area contributed by atoms with Gasteiger partial charge in [0.2, 0.25) is 0 Å². The zero-order chi connectivity index (χ0) is 27.9. The fraction of sp³-hybridized carbons (Fsp3) is 0.938. The van der Waals surface area contributed by atoms with Crippen molar-refractivity contribution in [3.63, 3.8) is 0 Å². The van der Waals surface area contributed by atoms with Gasteiger partial charge in [-0.3, -0.25) is 9.59 Å². The maximum atomic E-state index is 13.0. The van der Waals surface area contributed by atoms with Crippen LogP contribution >= 0.6 is 0 Å². The molecule has 0 amide bonds. The summed E-state index contributed by atoms with van der Waals surface area (Å²) in [6.45, 7) is 19.4. The van der Waals surface area contributed by atoms with Crippen molar-refractivity contribution < 1.29 is 28.9 Å². The van der Waals surface area contributed by atoms with E-state index in [4.69, 9.17) is 14.2 Å². The predicted molar refractivity (Wildman–Crippen MR) is 143 cm³/mol. The predicted octanol–water partition coefficient (Wildman–Crippen LogP) is 5.62. The van der Waals surface area contributed by atoms with E-state index in [0.717, 1.165) is 32.1 Å². The van der Waals surface area contributed by atoms with E-state index in [9.17, 15) is 14.7 Å². The fourth-order valence-electron chi connectivity index (χ4n) is 11.7. The minimum absolute atomic E-state index is 0.0516. The first-order valence-corrected chi connectivity index (χ1v) is 15.2. The first-order valence-electron chi connectivity index (χ1n) is 15.2. The van der Waals surface area contributed by atoms with Gasteiger partial charge in [0.25, 0.3) is 0 Å². The summed E-state index contributed by atoms with van der Waals surface area (Å²) in [4.78, 5) is 24.9. The number of ether oxygens (including phenoxy) is 3. The van der Waals surface area contributed by atoms with Crippen LogP contribution in [0.15, 0.2) is 0 Å². The molecule has 6 aliphatic rings. The van der Waals surface area contributed by atoms with Crippen LogP contribution in [0, 0.1) is 39.4 Å². The van der Waals surface area contributed by atoms with Gasteiger partial charge in [-0.05, 0) is 81.0 Å². The molecule has 6 fully saturated rings. The standard InChI is InChI=1S/C32H50O6/c1-18(16-21(36-19(2)33)25-27(5,6)37-25)31-15-14-30(9)29(8)13-10-22-26(3,4)23(35)11-12-28(22,7)24(29)20(34)17-32(30,31)38-31/h18,20-22,24-25,34H,10-17H2,1-9H3/t18-,20+,21+,22+,24+,25-,28+,29+,30-,31-,32-/m1/s1. The van der Waals surface area contributed by atoms with Crippen molar-refractivity contribution in [1.82, 2.24) is 0 Å². The van der Waals surface area contributed by atoms with Crippen molar-refractivity contribution >= 4 is 11.8 Å². The van der Waals surface area contributed by atoms with Crippen molar-refractivity contribution in [1.29, 1.82) is 0 Å². The van der Waals surface area contributed by atoms with E-state index in [1.54, 1.807) is 0 Å². The van der Waals surface area contributed by atoms with Gasteiger partial charge in [-0.15, -0.1) is 0 Å². The molecule has 0 radical (unpaired) electrons. The number of rotatable bonds is 5. The largest absolute Gasteiger partial charge is 0.460 e. The Balaban J connectivity index is 1.31. The number of carbonyl (C=O) groups is 2. The van der Waals surface area contributed by atoms with Gasteiger partial charge in [0, 0.05) is 30.6 Å². The number of fused-ring (bicyclic) bond motifs is 4. The lowest BCUT2D eigenvalue weighted by Gasteiger charge is -2.69. The molecule has 0 aromatic heterocycles. The third-order valence-corrected chi connectivity index (χ3v) is 13.7. The van der Waals surface area contributed by atoms with Gasteiger partial charge < -0.3 is 19.3 Å². The Morgan fingerprint density at radius 3 is 2.34 bits per heavy atom. The number of Topliss-reactive ketones (excluding diaryl/α,β-unsaturated/α-hetero) is 1. The summed E-state index contributed by atoms with van der Waals surface area (Å²) in [5, 5.41) is 12.1.